The second-order valence-electron chi connectivity index (χ2n) is 6.82. The Kier molecular flexibility index (Phi) is 6.51. The molecule has 0 bridgehead atoms. The van der Waals surface area contributed by atoms with Gasteiger partial charge in [0.1, 0.15) is 0 Å². The predicted molar refractivity (Wildman–Crippen MR) is 98.7 cm³/mol. The van der Waals surface area contributed by atoms with Gasteiger partial charge in [0, 0.05) is 24.1 Å². The molecule has 1 aliphatic rings. The molecule has 2 amide bonds. The van der Waals surface area contributed by atoms with E-state index in [9.17, 15) is 18.0 Å². The number of amides is 2. The zero-order valence-corrected chi connectivity index (χ0v) is 15.2. The number of alkyl halides is 3. The van der Waals surface area contributed by atoms with E-state index in [-0.39, 0.29) is 17.8 Å². The minimum Gasteiger partial charge on any atom is -0.374 e. The van der Waals surface area contributed by atoms with E-state index in [1.54, 1.807) is 12.4 Å². The highest BCUT2D eigenvalue weighted by molar-refractivity contribution is 5.89. The molecule has 1 aromatic carbocycles. The fourth-order valence-corrected chi connectivity index (χ4v) is 3.19. The number of carbonyl (C=O) groups is 1. The lowest BCUT2D eigenvalue weighted by molar-refractivity contribution is -0.137. The zero-order chi connectivity index (χ0) is 20.0. The third kappa shape index (κ3) is 5.95. The molecule has 0 atom stereocenters. The van der Waals surface area contributed by atoms with Gasteiger partial charge >= 0.3 is 12.2 Å². The van der Waals surface area contributed by atoms with Gasteiger partial charge in [-0.25, -0.2) is 4.79 Å². The van der Waals surface area contributed by atoms with Crippen molar-refractivity contribution in [1.29, 1.82) is 0 Å². The first-order valence-electron chi connectivity index (χ1n) is 9.15. The van der Waals surface area contributed by atoms with Crippen molar-refractivity contribution in [2.24, 2.45) is 0 Å². The van der Waals surface area contributed by atoms with Gasteiger partial charge in [-0.15, -0.1) is 0 Å². The summed E-state index contributed by atoms with van der Waals surface area (Å²) in [6.07, 6.45) is 2.30. The van der Waals surface area contributed by atoms with Crippen LogP contribution in [0, 0.1) is 0 Å². The number of halogens is 3. The number of ether oxygens (including phenoxy) is 1. The Morgan fingerprint density at radius 2 is 1.82 bits per heavy atom. The smallest absolute Gasteiger partial charge is 0.374 e. The topological polar surface area (TPSA) is 63.2 Å². The lowest BCUT2D eigenvalue weighted by Crippen LogP contribution is -2.41. The first-order chi connectivity index (χ1) is 13.4. The third-order valence-electron chi connectivity index (χ3n) is 4.69. The number of pyridine rings is 1. The van der Waals surface area contributed by atoms with E-state index in [1.165, 1.54) is 12.1 Å². The van der Waals surface area contributed by atoms with Gasteiger partial charge in [-0.05, 0) is 61.6 Å². The lowest BCUT2D eigenvalue weighted by Gasteiger charge is -2.29. The van der Waals surface area contributed by atoms with Gasteiger partial charge in [0.15, 0.2) is 0 Å². The fourth-order valence-electron chi connectivity index (χ4n) is 3.19. The summed E-state index contributed by atoms with van der Waals surface area (Å²) in [6.45, 7) is 0.529. The molecule has 28 heavy (non-hydrogen) atoms. The van der Waals surface area contributed by atoms with Gasteiger partial charge in [0.2, 0.25) is 0 Å². The Balaban J connectivity index is 1.41. The first kappa shape index (κ1) is 20.1. The second kappa shape index (κ2) is 9.05. The van der Waals surface area contributed by atoms with E-state index in [4.69, 9.17) is 4.74 Å². The lowest BCUT2D eigenvalue weighted by atomic mass is 9.93. The summed E-state index contributed by atoms with van der Waals surface area (Å²) in [5.74, 6) is 0. The van der Waals surface area contributed by atoms with Crippen molar-refractivity contribution in [1.82, 2.24) is 10.3 Å². The summed E-state index contributed by atoms with van der Waals surface area (Å²) in [5.41, 5.74) is 0.384. The number of nitrogens with zero attached hydrogens (tertiary/aromatic N) is 1. The van der Waals surface area contributed by atoms with E-state index in [0.29, 0.717) is 6.61 Å². The number of hydrogen-bond acceptors (Lipinski definition) is 3. The number of hydrogen-bond donors (Lipinski definition) is 2. The van der Waals surface area contributed by atoms with Crippen molar-refractivity contribution in [3.8, 4) is 0 Å². The van der Waals surface area contributed by atoms with Crippen LogP contribution in [0.1, 0.15) is 36.8 Å². The maximum absolute atomic E-state index is 12.7. The Labute approximate surface area is 161 Å². The largest absolute Gasteiger partial charge is 0.416 e. The number of nitrogens with one attached hydrogen (secondary N) is 2. The third-order valence-corrected chi connectivity index (χ3v) is 4.69. The monoisotopic (exact) mass is 393 g/mol. The Morgan fingerprint density at radius 3 is 2.50 bits per heavy atom. The van der Waals surface area contributed by atoms with Crippen LogP contribution in [0.25, 0.3) is 0 Å². The van der Waals surface area contributed by atoms with Crippen LogP contribution in [0.2, 0.25) is 0 Å². The van der Waals surface area contributed by atoms with Crippen LogP contribution in [0.5, 0.6) is 0 Å². The molecule has 0 saturated heterocycles. The minimum atomic E-state index is -4.44. The summed E-state index contributed by atoms with van der Waals surface area (Å²) in [6, 6.07) is 7.88. The van der Waals surface area contributed by atoms with Gasteiger partial charge in [-0.1, -0.05) is 6.07 Å². The molecule has 1 heterocycles. The van der Waals surface area contributed by atoms with Crippen LogP contribution in [0.15, 0.2) is 48.8 Å². The molecule has 2 N–H and O–H groups in total. The molecule has 0 aliphatic heterocycles. The normalized spacial score (nSPS) is 19.8. The minimum absolute atomic E-state index is 0.0217. The molecule has 5 nitrogen and oxygen atoms in total. The predicted octanol–water partition coefficient (Wildman–Crippen LogP) is 4.75. The Bertz CT molecular complexity index is 776. The van der Waals surface area contributed by atoms with Gasteiger partial charge in [0.25, 0.3) is 0 Å². The molecule has 3 rings (SSSR count). The summed E-state index contributed by atoms with van der Waals surface area (Å²) in [4.78, 5) is 16.1. The number of carbonyl (C=O) groups excluding carboxylic acids is 1. The van der Waals surface area contributed by atoms with Crippen molar-refractivity contribution < 1.29 is 22.7 Å². The highest BCUT2D eigenvalue weighted by atomic mass is 19.4. The molecule has 2 aromatic rings. The highest BCUT2D eigenvalue weighted by Gasteiger charge is 2.30. The van der Waals surface area contributed by atoms with Gasteiger partial charge in [-0.3, -0.25) is 4.98 Å². The molecule has 1 aliphatic carbocycles. The Hall–Kier alpha value is -2.61. The molecule has 1 aromatic heterocycles. The molecule has 0 unspecified atom stereocenters. The van der Waals surface area contributed by atoms with Crippen molar-refractivity contribution in [3.05, 3.63) is 59.9 Å². The van der Waals surface area contributed by atoms with E-state index in [2.05, 4.69) is 15.6 Å². The van der Waals surface area contributed by atoms with Gasteiger partial charge < -0.3 is 15.4 Å². The summed E-state index contributed by atoms with van der Waals surface area (Å²) in [5, 5.41) is 5.30. The summed E-state index contributed by atoms with van der Waals surface area (Å²) >= 11 is 0. The van der Waals surface area contributed by atoms with Crippen LogP contribution in [-0.2, 0) is 17.5 Å². The summed E-state index contributed by atoms with van der Waals surface area (Å²) < 4.78 is 44.1. The van der Waals surface area contributed by atoms with Crippen molar-refractivity contribution in [2.45, 2.75) is 50.6 Å². The standard InChI is InChI=1S/C20H22F3N3O2/c21-20(22,23)15-2-1-3-17(12-15)26-19(27)25-16-4-6-18(7-5-16)28-13-14-8-10-24-11-9-14/h1-3,8-12,16,18H,4-7,13H2,(H2,25,26,27). The number of aromatic nitrogens is 1. The molecular weight excluding hydrogens is 371 g/mol. The molecule has 1 saturated carbocycles. The average molecular weight is 393 g/mol. The molecule has 8 heteroatoms. The number of urea groups is 1. The highest BCUT2D eigenvalue weighted by Crippen LogP contribution is 2.30. The average Bonchev–Trinajstić information content (AvgIpc) is 2.68. The fraction of sp³-hybridized carbons (Fsp3) is 0.400. The molecule has 0 spiro atoms. The van der Waals surface area contributed by atoms with Crippen molar-refractivity contribution in [2.75, 3.05) is 5.32 Å². The van der Waals surface area contributed by atoms with Gasteiger partial charge in [-0.2, -0.15) is 13.2 Å². The zero-order valence-electron chi connectivity index (χ0n) is 15.2. The van der Waals surface area contributed by atoms with Gasteiger partial charge in [0.05, 0.1) is 18.3 Å². The Morgan fingerprint density at radius 1 is 1.11 bits per heavy atom. The van der Waals surface area contributed by atoms with Crippen molar-refractivity contribution >= 4 is 11.7 Å². The van der Waals surface area contributed by atoms with Crippen LogP contribution >= 0.6 is 0 Å². The molecule has 150 valence electrons. The maximum atomic E-state index is 12.7. The summed E-state index contributed by atoms with van der Waals surface area (Å²) in [7, 11) is 0. The number of anilines is 1. The number of benzene rings is 1. The van der Waals surface area contributed by atoms with Crippen LogP contribution in [0.4, 0.5) is 23.7 Å². The SMILES string of the molecule is O=C(Nc1cccc(C(F)(F)F)c1)NC1CCC(OCc2ccncc2)CC1. The van der Waals surface area contributed by atoms with Crippen molar-refractivity contribution in [3.63, 3.8) is 0 Å². The maximum Gasteiger partial charge on any atom is 0.416 e. The molecular formula is C20H22F3N3O2. The van der Waals surface area contributed by atoms with Crippen LogP contribution < -0.4 is 10.6 Å². The number of rotatable bonds is 5. The molecule has 1 fully saturated rings. The van der Waals surface area contributed by atoms with E-state index < -0.39 is 17.8 Å². The molecule has 0 radical (unpaired) electrons. The van der Waals surface area contributed by atoms with E-state index in [1.807, 2.05) is 12.1 Å². The quantitative estimate of drug-likeness (QED) is 0.771. The van der Waals surface area contributed by atoms with E-state index >= 15 is 0 Å². The second-order valence-corrected chi connectivity index (χ2v) is 6.82. The van der Waals surface area contributed by atoms with Crippen LogP contribution in [0.3, 0.4) is 0 Å². The van der Waals surface area contributed by atoms with E-state index in [0.717, 1.165) is 43.4 Å². The first-order valence-corrected chi connectivity index (χ1v) is 9.15. The van der Waals surface area contributed by atoms with Crippen LogP contribution in [-0.4, -0.2) is 23.2 Å².